The highest BCUT2D eigenvalue weighted by atomic mass is 16.4. The molecule has 1 aliphatic carbocycles. The standard InChI is InChI=1S/C35H34O6/c36-31(18-20-33(38)39)22-24-6-10-28(11-7-24)35(30-16-14-27(15-17-30)26-4-2-1-3-5-26)29-12-8-25(9-13-29)23-32(37)19-21-34(40)41/h6-21,26,35H,1-5,22-23H2,(H,38,39)(H,40,41)/b20-18+,21-19+. The van der Waals surface area contributed by atoms with Crippen molar-refractivity contribution in [3.05, 3.63) is 130 Å². The van der Waals surface area contributed by atoms with Crippen LogP contribution < -0.4 is 0 Å². The van der Waals surface area contributed by atoms with Crippen LogP contribution >= 0.6 is 0 Å². The van der Waals surface area contributed by atoms with Gasteiger partial charge in [0.2, 0.25) is 0 Å². The van der Waals surface area contributed by atoms with E-state index in [1.807, 2.05) is 48.5 Å². The molecule has 6 heteroatoms. The molecule has 1 aliphatic rings. The summed E-state index contributed by atoms with van der Waals surface area (Å²) in [6, 6.07) is 24.4. The third-order valence-electron chi connectivity index (χ3n) is 7.55. The Morgan fingerprint density at radius 3 is 1.37 bits per heavy atom. The van der Waals surface area contributed by atoms with Crippen molar-refractivity contribution in [1.29, 1.82) is 0 Å². The summed E-state index contributed by atoms with van der Waals surface area (Å²) in [5.41, 5.74) is 6.18. The van der Waals surface area contributed by atoms with Crippen molar-refractivity contribution in [3.8, 4) is 0 Å². The predicted octanol–water partition coefficient (Wildman–Crippen LogP) is 6.42. The van der Waals surface area contributed by atoms with Crippen molar-refractivity contribution in [2.24, 2.45) is 0 Å². The topological polar surface area (TPSA) is 109 Å². The first-order valence-electron chi connectivity index (χ1n) is 13.9. The molecule has 41 heavy (non-hydrogen) atoms. The van der Waals surface area contributed by atoms with Gasteiger partial charge in [0, 0.05) is 30.9 Å². The van der Waals surface area contributed by atoms with Crippen LogP contribution in [0.2, 0.25) is 0 Å². The highest BCUT2D eigenvalue weighted by Crippen LogP contribution is 2.36. The molecule has 0 spiro atoms. The van der Waals surface area contributed by atoms with Gasteiger partial charge in [0.25, 0.3) is 0 Å². The van der Waals surface area contributed by atoms with Crippen LogP contribution in [0.3, 0.4) is 0 Å². The zero-order valence-electron chi connectivity index (χ0n) is 22.9. The molecule has 0 amide bonds. The molecule has 4 rings (SSSR count). The lowest BCUT2D eigenvalue weighted by Crippen LogP contribution is -2.07. The average molecular weight is 551 g/mol. The highest BCUT2D eigenvalue weighted by Gasteiger charge is 2.20. The fourth-order valence-electron chi connectivity index (χ4n) is 5.48. The van der Waals surface area contributed by atoms with E-state index in [0.29, 0.717) is 5.92 Å². The Balaban J connectivity index is 1.59. The second-order valence-electron chi connectivity index (χ2n) is 10.5. The molecule has 3 aromatic carbocycles. The first kappa shape index (κ1) is 29.4. The molecule has 2 N–H and O–H groups in total. The van der Waals surface area contributed by atoms with Gasteiger partial charge in [-0.1, -0.05) is 92.1 Å². The number of hydrogen-bond acceptors (Lipinski definition) is 4. The maximum absolute atomic E-state index is 12.1. The lowest BCUT2D eigenvalue weighted by atomic mass is 9.81. The van der Waals surface area contributed by atoms with Crippen molar-refractivity contribution in [1.82, 2.24) is 0 Å². The molecular weight excluding hydrogens is 516 g/mol. The summed E-state index contributed by atoms with van der Waals surface area (Å²) in [6.07, 6.45) is 10.4. The van der Waals surface area contributed by atoms with Crippen molar-refractivity contribution >= 4 is 23.5 Å². The van der Waals surface area contributed by atoms with Gasteiger partial charge in [-0.2, -0.15) is 0 Å². The Morgan fingerprint density at radius 1 is 0.585 bits per heavy atom. The summed E-state index contributed by atoms with van der Waals surface area (Å²) in [5.74, 6) is -2.34. The number of ketones is 2. The lowest BCUT2D eigenvalue weighted by Gasteiger charge is -2.24. The van der Waals surface area contributed by atoms with Crippen LogP contribution in [-0.4, -0.2) is 33.7 Å². The number of carboxylic acid groups (broad SMARTS) is 2. The molecule has 6 nitrogen and oxygen atoms in total. The van der Waals surface area contributed by atoms with Crippen LogP contribution in [0.5, 0.6) is 0 Å². The Labute approximate surface area is 240 Å². The fraction of sp³-hybridized carbons (Fsp3) is 0.257. The fourth-order valence-corrected chi connectivity index (χ4v) is 5.48. The maximum Gasteiger partial charge on any atom is 0.328 e. The van der Waals surface area contributed by atoms with E-state index in [0.717, 1.165) is 52.1 Å². The SMILES string of the molecule is O=C(O)/C=C/C(=O)Cc1ccc(C(c2ccc(CC(=O)/C=C/C(=O)O)cc2)c2ccc(C3CCCCC3)cc2)cc1. The van der Waals surface area contributed by atoms with Gasteiger partial charge < -0.3 is 10.2 Å². The van der Waals surface area contributed by atoms with E-state index < -0.39 is 11.9 Å². The van der Waals surface area contributed by atoms with Crippen molar-refractivity contribution in [3.63, 3.8) is 0 Å². The first-order chi connectivity index (χ1) is 19.8. The monoisotopic (exact) mass is 550 g/mol. The van der Waals surface area contributed by atoms with E-state index in [4.69, 9.17) is 10.2 Å². The number of carbonyl (C=O) groups excluding carboxylic acids is 2. The van der Waals surface area contributed by atoms with E-state index in [2.05, 4.69) is 24.3 Å². The Morgan fingerprint density at radius 2 is 0.976 bits per heavy atom. The van der Waals surface area contributed by atoms with Crippen LogP contribution in [0.4, 0.5) is 0 Å². The number of allylic oxidation sites excluding steroid dienone is 2. The zero-order chi connectivity index (χ0) is 29.2. The molecule has 0 radical (unpaired) electrons. The molecule has 0 aromatic heterocycles. The Kier molecular flexibility index (Phi) is 10.2. The number of carbonyl (C=O) groups is 4. The van der Waals surface area contributed by atoms with Gasteiger partial charge >= 0.3 is 11.9 Å². The van der Waals surface area contributed by atoms with Crippen molar-refractivity contribution < 1.29 is 29.4 Å². The van der Waals surface area contributed by atoms with Crippen LogP contribution in [0.1, 0.15) is 77.3 Å². The summed E-state index contributed by atoms with van der Waals surface area (Å²) >= 11 is 0. The summed E-state index contributed by atoms with van der Waals surface area (Å²) < 4.78 is 0. The Hall–Kier alpha value is -4.58. The van der Waals surface area contributed by atoms with Gasteiger partial charge in [0.1, 0.15) is 0 Å². The van der Waals surface area contributed by atoms with Crippen LogP contribution in [-0.2, 0) is 32.0 Å². The number of hydrogen-bond donors (Lipinski definition) is 2. The second-order valence-corrected chi connectivity index (χ2v) is 10.5. The lowest BCUT2D eigenvalue weighted by molar-refractivity contribution is -0.132. The minimum absolute atomic E-state index is 0.0799. The van der Waals surface area contributed by atoms with Crippen LogP contribution in [0.25, 0.3) is 0 Å². The van der Waals surface area contributed by atoms with Gasteiger partial charge in [-0.05, 0) is 64.3 Å². The molecule has 0 bridgehead atoms. The summed E-state index contributed by atoms with van der Waals surface area (Å²) in [7, 11) is 0. The normalized spacial score (nSPS) is 14.1. The molecule has 0 aliphatic heterocycles. The number of rotatable bonds is 12. The zero-order valence-corrected chi connectivity index (χ0v) is 22.9. The third-order valence-corrected chi connectivity index (χ3v) is 7.55. The minimum Gasteiger partial charge on any atom is -0.478 e. The van der Waals surface area contributed by atoms with Gasteiger partial charge in [-0.25, -0.2) is 9.59 Å². The Bertz CT molecular complexity index is 1340. The van der Waals surface area contributed by atoms with E-state index in [9.17, 15) is 19.2 Å². The molecule has 0 heterocycles. The van der Waals surface area contributed by atoms with E-state index >= 15 is 0 Å². The van der Waals surface area contributed by atoms with Crippen molar-refractivity contribution in [2.45, 2.75) is 56.8 Å². The average Bonchev–Trinajstić information content (AvgIpc) is 2.98. The smallest absolute Gasteiger partial charge is 0.328 e. The highest BCUT2D eigenvalue weighted by molar-refractivity contribution is 5.97. The quantitative estimate of drug-likeness (QED) is 0.199. The number of carboxylic acids is 2. The molecule has 0 unspecified atom stereocenters. The van der Waals surface area contributed by atoms with Gasteiger partial charge in [0.05, 0.1) is 0 Å². The summed E-state index contributed by atoms with van der Waals surface area (Å²) in [6.45, 7) is 0. The van der Waals surface area contributed by atoms with Crippen molar-refractivity contribution in [2.75, 3.05) is 0 Å². The number of benzene rings is 3. The summed E-state index contributed by atoms with van der Waals surface area (Å²) in [4.78, 5) is 45.6. The molecule has 0 atom stereocenters. The van der Waals surface area contributed by atoms with Crippen LogP contribution in [0, 0.1) is 0 Å². The van der Waals surface area contributed by atoms with Crippen LogP contribution in [0.15, 0.2) is 97.1 Å². The van der Waals surface area contributed by atoms with E-state index in [1.54, 1.807) is 0 Å². The maximum atomic E-state index is 12.1. The molecular formula is C35H34O6. The molecule has 210 valence electrons. The molecule has 0 saturated heterocycles. The summed E-state index contributed by atoms with van der Waals surface area (Å²) in [5, 5.41) is 17.5. The predicted molar refractivity (Wildman–Crippen MR) is 157 cm³/mol. The van der Waals surface area contributed by atoms with E-state index in [-0.39, 0.29) is 30.3 Å². The third kappa shape index (κ3) is 8.70. The number of aliphatic carboxylic acids is 2. The molecule has 3 aromatic rings. The minimum atomic E-state index is -1.15. The second kappa shape index (κ2) is 14.2. The van der Waals surface area contributed by atoms with E-state index in [1.165, 1.54) is 37.7 Å². The largest absolute Gasteiger partial charge is 0.478 e. The molecule has 1 fully saturated rings. The molecule has 1 saturated carbocycles. The van der Waals surface area contributed by atoms with Gasteiger partial charge in [-0.3, -0.25) is 9.59 Å². The van der Waals surface area contributed by atoms with Gasteiger partial charge in [0.15, 0.2) is 11.6 Å². The van der Waals surface area contributed by atoms with Gasteiger partial charge in [-0.15, -0.1) is 0 Å². The first-order valence-corrected chi connectivity index (χ1v) is 13.9.